The number of aromatic nitrogens is 2. The number of rotatable bonds is 3. The Balaban J connectivity index is 1.97. The van der Waals surface area contributed by atoms with Crippen molar-refractivity contribution in [3.63, 3.8) is 0 Å². The highest BCUT2D eigenvalue weighted by atomic mass is 16.2. The highest BCUT2D eigenvalue weighted by molar-refractivity contribution is 5.98. The van der Waals surface area contributed by atoms with E-state index in [1.54, 1.807) is 37.1 Å². The largest absolute Gasteiger partial charge is 0.346 e. The molecule has 26 heavy (non-hydrogen) atoms. The number of carbonyl (C=O) groups is 1. The van der Waals surface area contributed by atoms with Crippen LogP contribution in [-0.4, -0.2) is 53.4 Å². The van der Waals surface area contributed by atoms with E-state index in [1.165, 1.54) is 0 Å². The second-order valence-corrected chi connectivity index (χ2v) is 7.12. The van der Waals surface area contributed by atoms with Crippen LogP contribution in [-0.2, 0) is 12.9 Å². The van der Waals surface area contributed by atoms with Crippen LogP contribution >= 0.6 is 0 Å². The van der Waals surface area contributed by atoms with Crippen molar-refractivity contribution in [2.24, 2.45) is 0 Å². The Morgan fingerprint density at radius 1 is 1.31 bits per heavy atom. The topological polar surface area (TPSA) is 52.2 Å². The van der Waals surface area contributed by atoms with Gasteiger partial charge < -0.3 is 14.8 Å². The van der Waals surface area contributed by atoms with Crippen molar-refractivity contribution in [3.8, 4) is 11.1 Å². The van der Waals surface area contributed by atoms with E-state index in [4.69, 9.17) is 2.74 Å². The number of nitrogens with one attached hydrogen (secondary N) is 1. The van der Waals surface area contributed by atoms with Gasteiger partial charge in [0, 0.05) is 51.7 Å². The molecule has 1 aliphatic heterocycles. The standard InChI is InChI=1S/C21H24N4O/c1-13-10-22-20-18(13)9-15(11-23-20)14-7-16(12-24(2)3)17-5-6-25(4)21(26)19(17)8-14/h7-11H,5-6,12H2,1-4H3,(H,22,23)/i12D2. The van der Waals surface area contributed by atoms with E-state index in [9.17, 15) is 4.79 Å². The molecule has 1 aromatic carbocycles. The SMILES string of the molecule is [2H]C([2H])(c1cc(-c2cnc3[nH]cc(C)c3c2)cc2c1CCN(C)C2=O)N(C)C. The van der Waals surface area contributed by atoms with Crippen LogP contribution in [0.4, 0.5) is 0 Å². The van der Waals surface area contributed by atoms with Gasteiger partial charge in [0.25, 0.3) is 5.91 Å². The number of nitrogens with zero attached hydrogens (tertiary/aromatic N) is 3. The van der Waals surface area contributed by atoms with Gasteiger partial charge in [0.1, 0.15) is 5.65 Å². The summed E-state index contributed by atoms with van der Waals surface area (Å²) in [5.74, 6) is -0.0641. The third-order valence-corrected chi connectivity index (χ3v) is 4.94. The van der Waals surface area contributed by atoms with Gasteiger partial charge in [-0.25, -0.2) is 4.98 Å². The third kappa shape index (κ3) is 2.78. The van der Waals surface area contributed by atoms with Gasteiger partial charge in [0.2, 0.25) is 0 Å². The van der Waals surface area contributed by atoms with Gasteiger partial charge in [-0.2, -0.15) is 0 Å². The fourth-order valence-corrected chi connectivity index (χ4v) is 3.52. The molecule has 3 aromatic rings. The van der Waals surface area contributed by atoms with Crippen molar-refractivity contribution in [2.45, 2.75) is 19.8 Å². The summed E-state index contributed by atoms with van der Waals surface area (Å²) in [7, 11) is 5.22. The van der Waals surface area contributed by atoms with Gasteiger partial charge in [-0.05, 0) is 67.9 Å². The smallest absolute Gasteiger partial charge is 0.253 e. The summed E-state index contributed by atoms with van der Waals surface area (Å²) in [5, 5.41) is 1.02. The van der Waals surface area contributed by atoms with Crippen LogP contribution in [0.5, 0.6) is 0 Å². The molecule has 0 fully saturated rings. The maximum atomic E-state index is 12.8. The molecule has 0 bridgehead atoms. The normalized spacial score (nSPS) is 16.0. The molecule has 0 unspecified atom stereocenters. The number of fused-ring (bicyclic) bond motifs is 2. The average molecular weight is 350 g/mol. The van der Waals surface area contributed by atoms with Crippen molar-refractivity contribution < 1.29 is 7.54 Å². The van der Waals surface area contributed by atoms with E-state index in [-0.39, 0.29) is 5.91 Å². The second kappa shape index (κ2) is 6.25. The quantitative estimate of drug-likeness (QED) is 0.789. The van der Waals surface area contributed by atoms with Crippen LogP contribution in [0.25, 0.3) is 22.2 Å². The minimum Gasteiger partial charge on any atom is -0.346 e. The summed E-state index contributed by atoms with van der Waals surface area (Å²) in [6.45, 7) is 0.932. The molecule has 134 valence electrons. The van der Waals surface area contributed by atoms with E-state index in [2.05, 4.69) is 9.97 Å². The molecule has 2 aromatic heterocycles. The van der Waals surface area contributed by atoms with Gasteiger partial charge in [-0.15, -0.1) is 0 Å². The number of hydrogen-bond acceptors (Lipinski definition) is 3. The zero-order valence-electron chi connectivity index (χ0n) is 17.6. The fraction of sp³-hybridized carbons (Fsp3) is 0.333. The molecular weight excluding hydrogens is 324 g/mol. The zero-order chi connectivity index (χ0) is 20.2. The summed E-state index contributed by atoms with van der Waals surface area (Å²) in [6, 6.07) is 5.80. The van der Waals surface area contributed by atoms with Gasteiger partial charge in [0.15, 0.2) is 0 Å². The number of amides is 1. The molecule has 3 heterocycles. The maximum absolute atomic E-state index is 12.8. The molecule has 1 N–H and O–H groups in total. The highest BCUT2D eigenvalue weighted by Crippen LogP contribution is 2.31. The first-order valence-electron chi connectivity index (χ1n) is 9.74. The fourth-order valence-electron chi connectivity index (χ4n) is 3.52. The van der Waals surface area contributed by atoms with Crippen molar-refractivity contribution in [3.05, 3.63) is 52.8 Å². The van der Waals surface area contributed by atoms with Crippen LogP contribution in [0.15, 0.2) is 30.6 Å². The van der Waals surface area contributed by atoms with E-state index in [0.717, 1.165) is 33.3 Å². The minimum absolute atomic E-state index is 0.0641. The van der Waals surface area contributed by atoms with Crippen LogP contribution in [0.2, 0.25) is 0 Å². The average Bonchev–Trinajstić information content (AvgIpc) is 3.04. The monoisotopic (exact) mass is 350 g/mol. The second-order valence-electron chi connectivity index (χ2n) is 7.12. The van der Waals surface area contributed by atoms with Crippen LogP contribution in [0.1, 0.15) is 29.8 Å². The van der Waals surface area contributed by atoms with E-state index >= 15 is 0 Å². The minimum atomic E-state index is -1.68. The first-order chi connectivity index (χ1) is 13.2. The third-order valence-electron chi connectivity index (χ3n) is 4.94. The lowest BCUT2D eigenvalue weighted by molar-refractivity contribution is 0.0780. The molecule has 0 radical (unpaired) electrons. The molecule has 0 aliphatic carbocycles. The number of aryl methyl sites for hydroxylation is 1. The molecule has 5 nitrogen and oxygen atoms in total. The summed E-state index contributed by atoms with van der Waals surface area (Å²) in [5.41, 5.74) is 5.53. The Morgan fingerprint density at radius 3 is 2.88 bits per heavy atom. The van der Waals surface area contributed by atoms with Crippen molar-refractivity contribution in [2.75, 3.05) is 27.7 Å². The first kappa shape index (κ1) is 14.5. The number of pyridine rings is 1. The molecule has 1 aliphatic rings. The maximum Gasteiger partial charge on any atom is 0.253 e. The molecule has 1 amide bonds. The first-order valence-corrected chi connectivity index (χ1v) is 8.74. The Labute approximate surface area is 156 Å². The van der Waals surface area contributed by atoms with Gasteiger partial charge in [-0.1, -0.05) is 0 Å². The molecule has 0 saturated heterocycles. The van der Waals surface area contributed by atoms with Crippen molar-refractivity contribution in [1.29, 1.82) is 0 Å². The molecule has 0 atom stereocenters. The lowest BCUT2D eigenvalue weighted by Crippen LogP contribution is -2.35. The summed E-state index contributed by atoms with van der Waals surface area (Å²) in [4.78, 5) is 23.7. The lowest BCUT2D eigenvalue weighted by Gasteiger charge is -2.28. The van der Waals surface area contributed by atoms with Gasteiger partial charge in [0.05, 0.1) is 0 Å². The molecule has 4 rings (SSSR count). The number of hydrogen-bond donors (Lipinski definition) is 1. The summed E-state index contributed by atoms with van der Waals surface area (Å²) >= 11 is 0. The lowest BCUT2D eigenvalue weighted by atomic mass is 9.89. The van der Waals surface area contributed by atoms with Crippen molar-refractivity contribution >= 4 is 16.9 Å². The number of carbonyl (C=O) groups excluding carboxylic acids is 1. The van der Waals surface area contributed by atoms with Crippen molar-refractivity contribution in [1.82, 2.24) is 19.8 Å². The Kier molecular flexibility index (Phi) is 3.49. The Hall–Kier alpha value is -2.66. The van der Waals surface area contributed by atoms with E-state index in [1.807, 2.05) is 31.3 Å². The number of aromatic amines is 1. The highest BCUT2D eigenvalue weighted by Gasteiger charge is 2.25. The predicted octanol–water partition coefficient (Wildman–Crippen LogP) is 3.23. The number of H-pyrrole nitrogens is 1. The molecule has 5 heteroatoms. The van der Waals surface area contributed by atoms with Gasteiger partial charge in [-0.3, -0.25) is 4.79 Å². The summed E-state index contributed by atoms with van der Waals surface area (Å²) in [6.07, 6.45) is 4.34. The van der Waals surface area contributed by atoms with Crippen LogP contribution in [0, 0.1) is 6.92 Å². The van der Waals surface area contributed by atoms with E-state index in [0.29, 0.717) is 24.1 Å². The zero-order valence-corrected chi connectivity index (χ0v) is 15.6. The number of likely N-dealkylation sites (N-methyl/N-ethyl adjacent to an activating group) is 1. The van der Waals surface area contributed by atoms with E-state index < -0.39 is 6.50 Å². The Morgan fingerprint density at radius 2 is 2.12 bits per heavy atom. The van der Waals surface area contributed by atoms with Gasteiger partial charge >= 0.3 is 0 Å². The number of benzene rings is 1. The molecule has 0 spiro atoms. The van der Waals surface area contributed by atoms with Crippen LogP contribution in [0.3, 0.4) is 0 Å². The molecular formula is C21H24N4O. The molecule has 0 saturated carbocycles. The predicted molar refractivity (Wildman–Crippen MR) is 104 cm³/mol. The van der Waals surface area contributed by atoms with Crippen LogP contribution < -0.4 is 0 Å². The Bertz CT molecular complexity index is 1090. The summed E-state index contributed by atoms with van der Waals surface area (Å²) < 4.78 is 17.2.